The van der Waals surface area contributed by atoms with Crippen molar-refractivity contribution in [1.29, 1.82) is 0 Å². The molecule has 16 heavy (non-hydrogen) atoms. The van der Waals surface area contributed by atoms with Gasteiger partial charge in [0.25, 0.3) is 0 Å². The first-order valence-corrected chi connectivity index (χ1v) is 4.55. The van der Waals surface area contributed by atoms with E-state index in [1.54, 1.807) is 0 Å². The molecule has 6 heteroatoms. The van der Waals surface area contributed by atoms with Crippen molar-refractivity contribution >= 4 is 0 Å². The monoisotopic (exact) mass is 237 g/mol. The lowest BCUT2D eigenvalue weighted by Gasteiger charge is -2.24. The molecule has 0 fully saturated rings. The number of alkyl halides is 3. The third-order valence-electron chi connectivity index (χ3n) is 1.88. The molecule has 1 aromatic rings. The van der Waals surface area contributed by atoms with Gasteiger partial charge in [-0.1, -0.05) is 0 Å². The van der Waals surface area contributed by atoms with Gasteiger partial charge in [0.15, 0.2) is 0 Å². The van der Waals surface area contributed by atoms with E-state index in [1.807, 2.05) is 0 Å². The molecule has 1 rings (SSSR count). The number of hydrogen-bond acceptors (Lipinski definition) is 2. The summed E-state index contributed by atoms with van der Waals surface area (Å²) in [5.41, 5.74) is 5.18. The number of benzene rings is 1. The van der Waals surface area contributed by atoms with Crippen LogP contribution in [-0.2, 0) is 0 Å². The zero-order valence-corrected chi connectivity index (χ0v) is 8.46. The summed E-state index contributed by atoms with van der Waals surface area (Å²) in [4.78, 5) is 0. The van der Waals surface area contributed by atoms with Gasteiger partial charge >= 0.3 is 6.18 Å². The first-order valence-electron chi connectivity index (χ1n) is 4.55. The Kier molecular flexibility index (Phi) is 3.74. The molecule has 2 atom stereocenters. The van der Waals surface area contributed by atoms with Crippen LogP contribution in [-0.4, -0.2) is 18.3 Å². The minimum absolute atomic E-state index is 0.0685. The molecular weight excluding hydrogens is 226 g/mol. The lowest BCUT2D eigenvalue weighted by Crippen LogP contribution is -2.47. The van der Waals surface area contributed by atoms with Gasteiger partial charge in [-0.15, -0.1) is 0 Å². The van der Waals surface area contributed by atoms with Crippen molar-refractivity contribution in [2.24, 2.45) is 5.73 Å². The maximum absolute atomic E-state index is 12.5. The maximum atomic E-state index is 12.5. The van der Waals surface area contributed by atoms with Crippen LogP contribution in [0.2, 0.25) is 0 Å². The van der Waals surface area contributed by atoms with Gasteiger partial charge in [-0.05, 0) is 31.2 Å². The predicted octanol–water partition coefficient (Wildman–Crippen LogP) is 2.48. The standard InChI is InChI=1S/C10H11F4NO/c1-6(15)9(10(12,13)14)16-8-4-2-7(11)3-5-8/h2-6,9H,15H2,1H3. The van der Waals surface area contributed by atoms with Crippen LogP contribution in [0.1, 0.15) is 6.92 Å². The quantitative estimate of drug-likeness (QED) is 0.819. The summed E-state index contributed by atoms with van der Waals surface area (Å²) >= 11 is 0. The largest absolute Gasteiger partial charge is 0.479 e. The SMILES string of the molecule is CC(N)C(Oc1ccc(F)cc1)C(F)(F)F. The molecule has 2 N–H and O–H groups in total. The summed E-state index contributed by atoms with van der Waals surface area (Å²) in [6, 6.07) is 3.07. The number of hydrogen-bond donors (Lipinski definition) is 1. The van der Waals surface area contributed by atoms with Gasteiger partial charge < -0.3 is 10.5 Å². The van der Waals surface area contributed by atoms with Crippen LogP contribution in [0.5, 0.6) is 5.75 Å². The number of ether oxygens (including phenoxy) is 1. The molecule has 0 aliphatic rings. The minimum Gasteiger partial charge on any atom is -0.479 e. The van der Waals surface area contributed by atoms with Gasteiger partial charge in [-0.25, -0.2) is 4.39 Å². The number of rotatable bonds is 3. The minimum atomic E-state index is -4.55. The molecule has 0 saturated heterocycles. The molecule has 90 valence electrons. The van der Waals surface area contributed by atoms with E-state index in [9.17, 15) is 17.6 Å². The van der Waals surface area contributed by atoms with Crippen molar-refractivity contribution in [1.82, 2.24) is 0 Å². The topological polar surface area (TPSA) is 35.2 Å². The summed E-state index contributed by atoms with van der Waals surface area (Å²) < 4.78 is 54.6. The average molecular weight is 237 g/mol. The van der Waals surface area contributed by atoms with Gasteiger partial charge in [0, 0.05) is 6.04 Å². The van der Waals surface area contributed by atoms with Gasteiger partial charge in [0.1, 0.15) is 11.6 Å². The van der Waals surface area contributed by atoms with Crippen LogP contribution in [0.25, 0.3) is 0 Å². The van der Waals surface area contributed by atoms with E-state index in [2.05, 4.69) is 4.74 Å². The zero-order chi connectivity index (χ0) is 12.3. The second-order valence-electron chi connectivity index (χ2n) is 3.39. The Morgan fingerprint density at radius 2 is 1.69 bits per heavy atom. The molecule has 0 aliphatic carbocycles. The second-order valence-corrected chi connectivity index (χ2v) is 3.39. The Labute approximate surface area is 90.0 Å². The molecule has 0 aromatic heterocycles. The Hall–Kier alpha value is -1.30. The Morgan fingerprint density at radius 3 is 2.06 bits per heavy atom. The summed E-state index contributed by atoms with van der Waals surface area (Å²) in [6.45, 7) is 1.20. The highest BCUT2D eigenvalue weighted by atomic mass is 19.4. The van der Waals surface area contributed by atoms with Crippen LogP contribution in [0.15, 0.2) is 24.3 Å². The van der Waals surface area contributed by atoms with Crippen molar-refractivity contribution in [2.45, 2.75) is 25.2 Å². The van der Waals surface area contributed by atoms with Gasteiger partial charge in [-0.3, -0.25) is 0 Å². The molecule has 0 heterocycles. The third kappa shape index (κ3) is 3.37. The van der Waals surface area contributed by atoms with E-state index in [1.165, 1.54) is 6.92 Å². The molecule has 0 aliphatic heterocycles. The fourth-order valence-electron chi connectivity index (χ4n) is 1.13. The average Bonchev–Trinajstić information content (AvgIpc) is 2.14. The maximum Gasteiger partial charge on any atom is 0.426 e. The highest BCUT2D eigenvalue weighted by Gasteiger charge is 2.44. The predicted molar refractivity (Wildman–Crippen MR) is 50.5 cm³/mol. The van der Waals surface area contributed by atoms with Crippen LogP contribution < -0.4 is 10.5 Å². The molecular formula is C10H11F4NO. The fourth-order valence-corrected chi connectivity index (χ4v) is 1.13. The molecule has 1 aromatic carbocycles. The first-order chi connectivity index (χ1) is 7.30. The fraction of sp³-hybridized carbons (Fsp3) is 0.400. The molecule has 0 amide bonds. The number of halogens is 4. The summed E-state index contributed by atoms with van der Waals surface area (Å²) in [5, 5.41) is 0. The molecule has 0 spiro atoms. The summed E-state index contributed by atoms with van der Waals surface area (Å²) in [7, 11) is 0. The summed E-state index contributed by atoms with van der Waals surface area (Å²) in [5.74, 6) is -0.613. The van der Waals surface area contributed by atoms with E-state index >= 15 is 0 Å². The van der Waals surface area contributed by atoms with Crippen LogP contribution >= 0.6 is 0 Å². The summed E-state index contributed by atoms with van der Waals surface area (Å²) in [6.07, 6.45) is -6.65. The smallest absolute Gasteiger partial charge is 0.426 e. The highest BCUT2D eigenvalue weighted by Crippen LogP contribution is 2.26. The van der Waals surface area contributed by atoms with Crippen LogP contribution in [0.4, 0.5) is 17.6 Å². The molecule has 0 bridgehead atoms. The van der Waals surface area contributed by atoms with Gasteiger partial charge in [0.05, 0.1) is 0 Å². The van der Waals surface area contributed by atoms with Crippen molar-refractivity contribution in [3.05, 3.63) is 30.1 Å². The van der Waals surface area contributed by atoms with Gasteiger partial charge in [0.2, 0.25) is 6.10 Å². The van der Waals surface area contributed by atoms with E-state index in [-0.39, 0.29) is 5.75 Å². The lowest BCUT2D eigenvalue weighted by atomic mass is 10.2. The third-order valence-corrected chi connectivity index (χ3v) is 1.88. The van der Waals surface area contributed by atoms with Crippen molar-refractivity contribution in [2.75, 3.05) is 0 Å². The van der Waals surface area contributed by atoms with E-state index < -0.39 is 24.1 Å². The zero-order valence-electron chi connectivity index (χ0n) is 8.46. The highest BCUT2D eigenvalue weighted by molar-refractivity contribution is 5.22. The number of nitrogens with two attached hydrogens (primary N) is 1. The van der Waals surface area contributed by atoms with E-state index in [0.717, 1.165) is 24.3 Å². The first kappa shape index (κ1) is 12.8. The normalized spacial score (nSPS) is 15.6. The molecule has 2 unspecified atom stereocenters. The van der Waals surface area contributed by atoms with Crippen molar-refractivity contribution < 1.29 is 22.3 Å². The second kappa shape index (κ2) is 4.69. The lowest BCUT2D eigenvalue weighted by molar-refractivity contribution is -0.199. The Morgan fingerprint density at radius 1 is 1.19 bits per heavy atom. The van der Waals surface area contributed by atoms with Crippen LogP contribution in [0.3, 0.4) is 0 Å². The molecule has 0 saturated carbocycles. The van der Waals surface area contributed by atoms with Crippen molar-refractivity contribution in [3.8, 4) is 5.75 Å². The molecule has 2 nitrogen and oxygen atoms in total. The van der Waals surface area contributed by atoms with Gasteiger partial charge in [-0.2, -0.15) is 13.2 Å². The van der Waals surface area contributed by atoms with E-state index in [4.69, 9.17) is 5.73 Å². The van der Waals surface area contributed by atoms with Crippen LogP contribution in [0, 0.1) is 5.82 Å². The van der Waals surface area contributed by atoms with Crippen molar-refractivity contribution in [3.63, 3.8) is 0 Å². The van der Waals surface area contributed by atoms with E-state index in [0.29, 0.717) is 0 Å². The Bertz CT molecular complexity index is 334. The Balaban J connectivity index is 2.80. The molecule has 0 radical (unpaired) electrons.